The lowest BCUT2D eigenvalue weighted by atomic mass is 10.1. The molecule has 0 aliphatic rings. The van der Waals surface area contributed by atoms with Crippen LogP contribution in [0.3, 0.4) is 0 Å². The number of carbonyl (C=O) groups is 1. The quantitative estimate of drug-likeness (QED) is 0.703. The van der Waals surface area contributed by atoms with E-state index in [4.69, 9.17) is 0 Å². The van der Waals surface area contributed by atoms with E-state index >= 15 is 0 Å². The smallest absolute Gasteiger partial charge is 0.315 e. The topological polar surface area (TPSA) is 71.8 Å². The lowest BCUT2D eigenvalue weighted by Gasteiger charge is -2.09. The summed E-state index contributed by atoms with van der Waals surface area (Å²) in [5, 5.41) is 9.95. The number of hydrogen-bond donors (Lipinski definition) is 2. The number of aryl methyl sites for hydroxylation is 2. The second kappa shape index (κ2) is 8.44. The van der Waals surface area contributed by atoms with Crippen molar-refractivity contribution in [2.45, 2.75) is 26.8 Å². The van der Waals surface area contributed by atoms with Crippen molar-refractivity contribution in [2.24, 2.45) is 0 Å². The summed E-state index contributed by atoms with van der Waals surface area (Å²) in [4.78, 5) is 16.3. The maximum atomic E-state index is 13.1. The monoisotopic (exact) mass is 367 g/mol. The Labute approximate surface area is 157 Å². The highest BCUT2D eigenvalue weighted by Crippen LogP contribution is 2.10. The van der Waals surface area contributed by atoms with Crippen LogP contribution in [0.1, 0.15) is 22.5 Å². The number of carbonyl (C=O) groups excluding carboxylic acids is 1. The maximum absolute atomic E-state index is 13.1. The van der Waals surface area contributed by atoms with E-state index in [0.717, 1.165) is 28.3 Å². The molecule has 0 spiro atoms. The third-order valence-electron chi connectivity index (χ3n) is 4.08. The highest BCUT2D eigenvalue weighted by Gasteiger charge is 2.06. The van der Waals surface area contributed by atoms with Crippen LogP contribution in [0.25, 0.3) is 5.82 Å². The van der Waals surface area contributed by atoms with Crippen LogP contribution in [0.2, 0.25) is 0 Å². The highest BCUT2D eigenvalue weighted by atomic mass is 19.1. The summed E-state index contributed by atoms with van der Waals surface area (Å²) in [7, 11) is 0. The molecule has 0 saturated heterocycles. The lowest BCUT2D eigenvalue weighted by Crippen LogP contribution is -2.36. The maximum Gasteiger partial charge on any atom is 0.315 e. The Morgan fingerprint density at radius 1 is 1.11 bits per heavy atom. The van der Waals surface area contributed by atoms with E-state index in [1.54, 1.807) is 16.9 Å². The number of benzene rings is 1. The zero-order chi connectivity index (χ0) is 19.2. The molecule has 27 heavy (non-hydrogen) atoms. The average molecular weight is 367 g/mol. The van der Waals surface area contributed by atoms with Gasteiger partial charge in [-0.3, -0.25) is 0 Å². The molecule has 0 atom stereocenters. The van der Waals surface area contributed by atoms with Crippen molar-refractivity contribution in [2.75, 3.05) is 6.54 Å². The van der Waals surface area contributed by atoms with Crippen molar-refractivity contribution in [3.63, 3.8) is 0 Å². The Kier molecular flexibility index (Phi) is 5.80. The standard InChI is InChI=1S/C20H22FN5O/c1-14-10-15(2)26(25-14)19-7-6-17(12-23-19)13-24-20(27)22-9-8-16-4-3-5-18(21)11-16/h3-7,10-12H,8-9,13H2,1-2H3,(H2,22,24,27). The first-order valence-electron chi connectivity index (χ1n) is 8.76. The fourth-order valence-electron chi connectivity index (χ4n) is 2.77. The largest absolute Gasteiger partial charge is 0.338 e. The molecule has 0 fully saturated rings. The molecule has 2 heterocycles. The molecule has 3 rings (SSSR count). The molecule has 0 saturated carbocycles. The number of aromatic nitrogens is 3. The van der Waals surface area contributed by atoms with Gasteiger partial charge in [-0.1, -0.05) is 18.2 Å². The molecule has 2 N–H and O–H groups in total. The van der Waals surface area contributed by atoms with E-state index < -0.39 is 0 Å². The fraction of sp³-hybridized carbons (Fsp3) is 0.250. The molecule has 0 unspecified atom stereocenters. The van der Waals surface area contributed by atoms with Crippen molar-refractivity contribution in [3.05, 3.63) is 77.0 Å². The number of nitrogens with zero attached hydrogens (tertiary/aromatic N) is 3. The highest BCUT2D eigenvalue weighted by molar-refractivity contribution is 5.73. The van der Waals surface area contributed by atoms with Gasteiger partial charge in [-0.2, -0.15) is 5.10 Å². The number of amides is 2. The number of pyridine rings is 1. The van der Waals surface area contributed by atoms with Gasteiger partial charge in [-0.15, -0.1) is 0 Å². The summed E-state index contributed by atoms with van der Waals surface area (Å²) in [5.74, 6) is 0.470. The second-order valence-electron chi connectivity index (χ2n) is 6.35. The van der Waals surface area contributed by atoms with Crippen molar-refractivity contribution in [1.82, 2.24) is 25.4 Å². The van der Waals surface area contributed by atoms with Crippen LogP contribution in [-0.4, -0.2) is 27.3 Å². The molecular weight excluding hydrogens is 345 g/mol. The SMILES string of the molecule is Cc1cc(C)n(-c2ccc(CNC(=O)NCCc3cccc(F)c3)cn2)n1. The van der Waals surface area contributed by atoms with Gasteiger partial charge in [-0.25, -0.2) is 18.9 Å². The number of urea groups is 1. The van der Waals surface area contributed by atoms with Crippen LogP contribution in [0.5, 0.6) is 0 Å². The first-order chi connectivity index (χ1) is 13.0. The minimum Gasteiger partial charge on any atom is -0.338 e. The first-order valence-corrected chi connectivity index (χ1v) is 8.76. The zero-order valence-corrected chi connectivity index (χ0v) is 15.4. The number of rotatable bonds is 6. The summed E-state index contributed by atoms with van der Waals surface area (Å²) in [5.41, 5.74) is 3.69. The molecule has 2 amide bonds. The normalized spacial score (nSPS) is 10.6. The first kappa shape index (κ1) is 18.6. The van der Waals surface area contributed by atoms with Crippen molar-refractivity contribution in [3.8, 4) is 5.82 Å². The summed E-state index contributed by atoms with van der Waals surface area (Å²) in [6, 6.07) is 11.9. The molecule has 0 radical (unpaired) electrons. The number of hydrogen-bond acceptors (Lipinski definition) is 3. The van der Waals surface area contributed by atoms with Crippen molar-refractivity contribution >= 4 is 6.03 Å². The minimum atomic E-state index is -0.270. The van der Waals surface area contributed by atoms with Crippen LogP contribution >= 0.6 is 0 Å². The van der Waals surface area contributed by atoms with Gasteiger partial charge in [0, 0.05) is 25.0 Å². The molecule has 2 aromatic heterocycles. The van der Waals surface area contributed by atoms with Crippen LogP contribution in [0.4, 0.5) is 9.18 Å². The Morgan fingerprint density at radius 3 is 2.63 bits per heavy atom. The Bertz CT molecular complexity index is 920. The van der Waals surface area contributed by atoms with Crippen molar-refractivity contribution < 1.29 is 9.18 Å². The number of halogens is 1. The lowest BCUT2D eigenvalue weighted by molar-refractivity contribution is 0.240. The van der Waals surface area contributed by atoms with Gasteiger partial charge < -0.3 is 10.6 Å². The van der Waals surface area contributed by atoms with E-state index in [2.05, 4.69) is 20.7 Å². The third-order valence-corrected chi connectivity index (χ3v) is 4.08. The molecule has 3 aromatic rings. The predicted octanol–water partition coefficient (Wildman–Crippen LogP) is 3.07. The van der Waals surface area contributed by atoms with Crippen LogP contribution in [0, 0.1) is 19.7 Å². The summed E-state index contributed by atoms with van der Waals surface area (Å²) >= 11 is 0. The van der Waals surface area contributed by atoms with Gasteiger partial charge in [0.05, 0.1) is 5.69 Å². The second-order valence-corrected chi connectivity index (χ2v) is 6.35. The number of nitrogens with one attached hydrogen (secondary N) is 2. The van der Waals surface area contributed by atoms with E-state index in [1.807, 2.05) is 38.1 Å². The fourth-order valence-corrected chi connectivity index (χ4v) is 2.77. The van der Waals surface area contributed by atoms with Crippen LogP contribution in [0.15, 0.2) is 48.7 Å². The zero-order valence-electron chi connectivity index (χ0n) is 15.4. The van der Waals surface area contributed by atoms with Gasteiger partial charge >= 0.3 is 6.03 Å². The van der Waals surface area contributed by atoms with E-state index in [1.165, 1.54) is 12.1 Å². The van der Waals surface area contributed by atoms with Gasteiger partial charge in [0.2, 0.25) is 0 Å². The van der Waals surface area contributed by atoms with E-state index in [0.29, 0.717) is 19.5 Å². The van der Waals surface area contributed by atoms with Gasteiger partial charge in [0.1, 0.15) is 5.82 Å². The molecule has 6 nitrogen and oxygen atoms in total. The summed E-state index contributed by atoms with van der Waals surface area (Å²) < 4.78 is 14.9. The molecule has 7 heteroatoms. The summed E-state index contributed by atoms with van der Waals surface area (Å²) in [6.07, 6.45) is 2.29. The molecule has 0 bridgehead atoms. The molecular formula is C20H22FN5O. The van der Waals surface area contributed by atoms with Gasteiger partial charge in [0.25, 0.3) is 0 Å². The summed E-state index contributed by atoms with van der Waals surface area (Å²) in [6.45, 7) is 4.72. The van der Waals surface area contributed by atoms with Crippen molar-refractivity contribution in [1.29, 1.82) is 0 Å². The van der Waals surface area contributed by atoms with Gasteiger partial charge in [-0.05, 0) is 55.7 Å². The Morgan fingerprint density at radius 2 is 1.96 bits per heavy atom. The van der Waals surface area contributed by atoms with Crippen LogP contribution in [-0.2, 0) is 13.0 Å². The van der Waals surface area contributed by atoms with E-state index in [-0.39, 0.29) is 11.8 Å². The minimum absolute atomic E-state index is 0.269. The third kappa shape index (κ3) is 5.13. The Hall–Kier alpha value is -3.22. The Balaban J connectivity index is 1.45. The molecule has 0 aliphatic carbocycles. The van der Waals surface area contributed by atoms with Gasteiger partial charge in [0.15, 0.2) is 5.82 Å². The molecule has 0 aliphatic heterocycles. The van der Waals surface area contributed by atoms with Crippen LogP contribution < -0.4 is 10.6 Å². The van der Waals surface area contributed by atoms with E-state index in [9.17, 15) is 9.18 Å². The molecule has 1 aromatic carbocycles. The molecule has 140 valence electrons. The average Bonchev–Trinajstić information content (AvgIpc) is 2.99. The predicted molar refractivity (Wildman–Crippen MR) is 101 cm³/mol.